The second-order valence-electron chi connectivity index (χ2n) is 5.10. The first kappa shape index (κ1) is 16.4. The lowest BCUT2D eigenvalue weighted by atomic mass is 10.1. The number of aromatic hydroxyl groups is 1. The second kappa shape index (κ2) is 10.2. The Morgan fingerprint density at radius 2 is 1.63 bits per heavy atom. The van der Waals surface area contributed by atoms with E-state index < -0.39 is 0 Å². The SMILES string of the molecule is CCCCCCCCSCc1cccc(CC)c1O. The molecular weight excluding hydrogens is 252 g/mol. The number of phenolic OH excluding ortho intramolecular Hbond substituents is 1. The highest BCUT2D eigenvalue weighted by Gasteiger charge is 2.05. The summed E-state index contributed by atoms with van der Waals surface area (Å²) in [5, 5.41) is 10.1. The fourth-order valence-electron chi connectivity index (χ4n) is 2.21. The summed E-state index contributed by atoms with van der Waals surface area (Å²) in [6.07, 6.45) is 9.04. The molecule has 0 fully saturated rings. The number of para-hydroxylation sites is 1. The van der Waals surface area contributed by atoms with Gasteiger partial charge in [-0.3, -0.25) is 0 Å². The third-order valence-electron chi connectivity index (χ3n) is 3.48. The minimum atomic E-state index is 0.514. The van der Waals surface area contributed by atoms with Crippen LogP contribution in [0, 0.1) is 0 Å². The summed E-state index contributed by atoms with van der Waals surface area (Å²) in [7, 11) is 0. The Kier molecular flexibility index (Phi) is 8.81. The van der Waals surface area contributed by atoms with E-state index in [-0.39, 0.29) is 0 Å². The topological polar surface area (TPSA) is 20.2 Å². The standard InChI is InChI=1S/C17H28OS/c1-3-5-6-7-8-9-13-19-14-16-12-10-11-15(4-2)17(16)18/h10-12,18H,3-9,13-14H2,1-2H3. The molecule has 0 heterocycles. The first-order chi connectivity index (χ1) is 9.29. The van der Waals surface area contributed by atoms with E-state index in [0.717, 1.165) is 23.3 Å². The summed E-state index contributed by atoms with van der Waals surface area (Å²) >= 11 is 1.94. The van der Waals surface area contributed by atoms with Crippen LogP contribution in [0.1, 0.15) is 63.5 Å². The van der Waals surface area contributed by atoms with Gasteiger partial charge in [0.25, 0.3) is 0 Å². The van der Waals surface area contributed by atoms with Crippen LogP contribution < -0.4 is 0 Å². The van der Waals surface area contributed by atoms with Crippen LogP contribution in [-0.2, 0) is 12.2 Å². The minimum absolute atomic E-state index is 0.514. The molecule has 0 atom stereocenters. The van der Waals surface area contributed by atoms with E-state index in [1.165, 1.54) is 44.3 Å². The molecule has 1 aromatic carbocycles. The van der Waals surface area contributed by atoms with E-state index in [4.69, 9.17) is 0 Å². The maximum absolute atomic E-state index is 10.1. The van der Waals surface area contributed by atoms with Gasteiger partial charge >= 0.3 is 0 Å². The Bertz CT molecular complexity index is 349. The van der Waals surface area contributed by atoms with Gasteiger partial charge in [-0.15, -0.1) is 0 Å². The second-order valence-corrected chi connectivity index (χ2v) is 6.20. The number of thioether (sulfide) groups is 1. The van der Waals surface area contributed by atoms with Gasteiger partial charge in [0.15, 0.2) is 0 Å². The highest BCUT2D eigenvalue weighted by atomic mass is 32.2. The van der Waals surface area contributed by atoms with Gasteiger partial charge in [-0.1, -0.05) is 64.2 Å². The van der Waals surface area contributed by atoms with Crippen LogP contribution in [0.4, 0.5) is 0 Å². The minimum Gasteiger partial charge on any atom is -0.507 e. The summed E-state index contributed by atoms with van der Waals surface area (Å²) in [6, 6.07) is 6.11. The van der Waals surface area contributed by atoms with Crippen molar-refractivity contribution in [1.82, 2.24) is 0 Å². The first-order valence-electron chi connectivity index (χ1n) is 7.67. The van der Waals surface area contributed by atoms with Gasteiger partial charge < -0.3 is 5.11 Å². The fraction of sp³-hybridized carbons (Fsp3) is 0.647. The van der Waals surface area contributed by atoms with Crippen LogP contribution in [-0.4, -0.2) is 10.9 Å². The van der Waals surface area contributed by atoms with Gasteiger partial charge in [-0.2, -0.15) is 11.8 Å². The molecule has 0 saturated heterocycles. The monoisotopic (exact) mass is 280 g/mol. The first-order valence-corrected chi connectivity index (χ1v) is 8.82. The summed E-state index contributed by atoms with van der Waals surface area (Å²) in [6.45, 7) is 4.34. The molecule has 19 heavy (non-hydrogen) atoms. The van der Waals surface area contributed by atoms with Gasteiger partial charge in [0, 0.05) is 11.3 Å². The van der Waals surface area contributed by atoms with E-state index in [2.05, 4.69) is 19.9 Å². The fourth-order valence-corrected chi connectivity index (χ4v) is 3.22. The Hall–Kier alpha value is -0.630. The van der Waals surface area contributed by atoms with Crippen molar-refractivity contribution in [2.75, 3.05) is 5.75 Å². The molecule has 1 rings (SSSR count). The molecule has 1 aromatic rings. The van der Waals surface area contributed by atoms with Crippen molar-refractivity contribution in [2.24, 2.45) is 0 Å². The normalized spacial score (nSPS) is 10.8. The summed E-state index contributed by atoms with van der Waals surface area (Å²) in [4.78, 5) is 0. The quantitative estimate of drug-likeness (QED) is 0.567. The molecule has 1 N–H and O–H groups in total. The van der Waals surface area contributed by atoms with Crippen molar-refractivity contribution in [1.29, 1.82) is 0 Å². The largest absolute Gasteiger partial charge is 0.507 e. The van der Waals surface area contributed by atoms with Gasteiger partial charge in [-0.05, 0) is 24.2 Å². The maximum Gasteiger partial charge on any atom is 0.122 e. The number of benzene rings is 1. The Morgan fingerprint density at radius 3 is 2.37 bits per heavy atom. The molecule has 0 amide bonds. The molecule has 108 valence electrons. The van der Waals surface area contributed by atoms with Crippen molar-refractivity contribution in [3.8, 4) is 5.75 Å². The highest BCUT2D eigenvalue weighted by molar-refractivity contribution is 7.98. The van der Waals surface area contributed by atoms with E-state index in [9.17, 15) is 5.11 Å². The molecule has 0 aliphatic rings. The van der Waals surface area contributed by atoms with Crippen LogP contribution in [0.2, 0.25) is 0 Å². The maximum atomic E-state index is 10.1. The third kappa shape index (κ3) is 6.38. The average molecular weight is 280 g/mol. The van der Waals surface area contributed by atoms with E-state index in [1.54, 1.807) is 0 Å². The number of hydrogen-bond acceptors (Lipinski definition) is 2. The Morgan fingerprint density at radius 1 is 0.947 bits per heavy atom. The summed E-state index contributed by atoms with van der Waals surface area (Å²) in [5.41, 5.74) is 2.16. The van der Waals surface area contributed by atoms with Crippen LogP contribution in [0.5, 0.6) is 5.75 Å². The van der Waals surface area contributed by atoms with Crippen molar-refractivity contribution < 1.29 is 5.11 Å². The van der Waals surface area contributed by atoms with Gasteiger partial charge in [0.05, 0.1) is 0 Å². The molecule has 0 radical (unpaired) electrons. The van der Waals surface area contributed by atoms with Crippen LogP contribution in [0.3, 0.4) is 0 Å². The Labute approximate surface area is 122 Å². The lowest BCUT2D eigenvalue weighted by molar-refractivity contribution is 0.464. The number of hydrogen-bond donors (Lipinski definition) is 1. The Balaban J connectivity index is 2.16. The molecule has 1 nitrogen and oxygen atoms in total. The number of phenols is 1. The van der Waals surface area contributed by atoms with Crippen molar-refractivity contribution in [2.45, 2.75) is 64.5 Å². The lowest BCUT2D eigenvalue weighted by Crippen LogP contribution is -1.89. The summed E-state index contributed by atoms with van der Waals surface area (Å²) in [5.74, 6) is 2.66. The molecule has 0 aliphatic carbocycles. The predicted octanol–water partition coefficient (Wildman–Crippen LogP) is 5.55. The molecule has 0 spiro atoms. The van der Waals surface area contributed by atoms with Gasteiger partial charge in [-0.25, -0.2) is 0 Å². The van der Waals surface area contributed by atoms with Crippen LogP contribution in [0.25, 0.3) is 0 Å². The lowest BCUT2D eigenvalue weighted by Gasteiger charge is -2.08. The molecule has 0 unspecified atom stereocenters. The molecule has 0 saturated carbocycles. The van der Waals surface area contributed by atoms with E-state index in [0.29, 0.717) is 5.75 Å². The number of aryl methyl sites for hydroxylation is 1. The van der Waals surface area contributed by atoms with Crippen LogP contribution >= 0.6 is 11.8 Å². The molecular formula is C17H28OS. The molecule has 0 aromatic heterocycles. The number of rotatable bonds is 10. The zero-order valence-corrected chi connectivity index (χ0v) is 13.3. The zero-order chi connectivity index (χ0) is 13.9. The third-order valence-corrected chi connectivity index (χ3v) is 4.58. The van der Waals surface area contributed by atoms with Crippen LogP contribution in [0.15, 0.2) is 18.2 Å². The molecule has 2 heteroatoms. The average Bonchev–Trinajstić information content (AvgIpc) is 2.43. The van der Waals surface area contributed by atoms with Crippen molar-refractivity contribution in [3.05, 3.63) is 29.3 Å². The zero-order valence-electron chi connectivity index (χ0n) is 12.5. The summed E-state index contributed by atoms with van der Waals surface area (Å²) < 4.78 is 0. The highest BCUT2D eigenvalue weighted by Crippen LogP contribution is 2.27. The molecule has 0 bridgehead atoms. The predicted molar refractivity (Wildman–Crippen MR) is 87.0 cm³/mol. The van der Waals surface area contributed by atoms with Gasteiger partial charge in [0.1, 0.15) is 5.75 Å². The van der Waals surface area contributed by atoms with Crippen molar-refractivity contribution >= 4 is 11.8 Å². The van der Waals surface area contributed by atoms with Gasteiger partial charge in [0.2, 0.25) is 0 Å². The smallest absolute Gasteiger partial charge is 0.122 e. The van der Waals surface area contributed by atoms with Crippen molar-refractivity contribution in [3.63, 3.8) is 0 Å². The molecule has 0 aliphatic heterocycles. The van der Waals surface area contributed by atoms with E-state index in [1.807, 2.05) is 23.9 Å². The van der Waals surface area contributed by atoms with E-state index >= 15 is 0 Å². The number of unbranched alkanes of at least 4 members (excludes halogenated alkanes) is 5.